The van der Waals surface area contributed by atoms with Crippen molar-refractivity contribution in [2.75, 3.05) is 0 Å². The summed E-state index contributed by atoms with van der Waals surface area (Å²) in [5.74, 6) is 0. The Labute approximate surface area is 254 Å². The number of piperidine rings is 1. The molecule has 2 fully saturated rings. The molecule has 3 aromatic rings. The van der Waals surface area contributed by atoms with Crippen LogP contribution < -0.4 is 0 Å². The number of thiocarbonyl (C=S) groups is 1. The lowest BCUT2D eigenvalue weighted by molar-refractivity contribution is -0.0128. The third-order valence-electron chi connectivity index (χ3n) is 8.64. The van der Waals surface area contributed by atoms with Gasteiger partial charge in [-0.05, 0) is 79.1 Å². The minimum Gasteiger partial charge on any atom is -0.467 e. The van der Waals surface area contributed by atoms with Crippen molar-refractivity contribution in [1.82, 2.24) is 18.8 Å². The van der Waals surface area contributed by atoms with Crippen LogP contribution >= 0.6 is 23.8 Å². The molecule has 5 rings (SSSR count). The van der Waals surface area contributed by atoms with Gasteiger partial charge in [0.2, 0.25) is 10.0 Å². The van der Waals surface area contributed by atoms with Crippen LogP contribution in [0, 0.1) is 0 Å². The van der Waals surface area contributed by atoms with Crippen LogP contribution in [0.2, 0.25) is 23.2 Å². The number of aromatic nitrogens is 3. The number of rotatable bonds is 7. The predicted molar refractivity (Wildman–Crippen MR) is 166 cm³/mol. The first kappa shape index (κ1) is 30.3. The van der Waals surface area contributed by atoms with Crippen LogP contribution in [0.3, 0.4) is 0 Å². The number of halogens is 1. The van der Waals surface area contributed by atoms with Crippen LogP contribution in [-0.4, -0.2) is 58.5 Å². The summed E-state index contributed by atoms with van der Waals surface area (Å²) < 4.78 is 46.0. The number of hydrogen-bond acceptors (Lipinski definition) is 7. The number of sulfonamides is 1. The average Bonchev–Trinajstić information content (AvgIpc) is 3.46. The Hall–Kier alpha value is -2.15. The Morgan fingerprint density at radius 3 is 2.37 bits per heavy atom. The van der Waals surface area contributed by atoms with Gasteiger partial charge >= 0.3 is 0 Å². The second kappa shape index (κ2) is 11.2. The van der Waals surface area contributed by atoms with E-state index in [0.29, 0.717) is 17.9 Å². The molecular formula is C29H37ClN4O4S2Si. The number of pyridine rings is 1. The molecule has 1 saturated carbocycles. The largest absolute Gasteiger partial charge is 0.467 e. The topological polar surface area (TPSA) is 86.6 Å². The van der Waals surface area contributed by atoms with Crippen LogP contribution in [0.4, 0.5) is 0 Å². The molecule has 41 heavy (non-hydrogen) atoms. The molecular weight excluding hydrogens is 596 g/mol. The Balaban J connectivity index is 1.61. The van der Waals surface area contributed by atoms with Crippen molar-refractivity contribution in [3.63, 3.8) is 0 Å². The van der Waals surface area contributed by atoms with Gasteiger partial charge in [-0.15, -0.1) is 0 Å². The molecule has 0 spiro atoms. The highest BCUT2D eigenvalue weighted by atomic mass is 35.5. The molecule has 3 heterocycles. The van der Waals surface area contributed by atoms with Crippen molar-refractivity contribution >= 4 is 47.3 Å². The summed E-state index contributed by atoms with van der Waals surface area (Å²) >= 11 is 11.7. The molecule has 1 unspecified atom stereocenters. The minimum absolute atomic E-state index is 0.0429. The van der Waals surface area contributed by atoms with Gasteiger partial charge in [0, 0.05) is 42.7 Å². The van der Waals surface area contributed by atoms with E-state index in [1.807, 2.05) is 12.1 Å². The molecule has 0 amide bonds. The summed E-state index contributed by atoms with van der Waals surface area (Å²) in [5, 5.41) is 0.711. The van der Waals surface area contributed by atoms with Crippen molar-refractivity contribution in [1.29, 1.82) is 0 Å². The summed E-state index contributed by atoms with van der Waals surface area (Å²) in [4.78, 5) is 8.62. The van der Waals surface area contributed by atoms with Gasteiger partial charge < -0.3 is 9.16 Å². The lowest BCUT2D eigenvalue weighted by atomic mass is 9.88. The van der Waals surface area contributed by atoms with Gasteiger partial charge in [-0.3, -0.25) is 9.55 Å². The second-order valence-corrected chi connectivity index (χ2v) is 19.8. The highest BCUT2D eigenvalue weighted by Crippen LogP contribution is 2.56. The zero-order valence-corrected chi connectivity index (χ0v) is 27.4. The SMILES string of the molecule is CC(C)(C)[Si](C)(C)OC1([C@H]2CC(OC(=S)n3ccnc3)C[C@@H](c3cccnc3)N2S(=O)(=O)c2ccc(Cl)cc2)CC1. The molecule has 1 aliphatic heterocycles. The van der Waals surface area contributed by atoms with Gasteiger partial charge in [0.15, 0.2) is 8.32 Å². The number of nitrogens with zero attached hydrogens (tertiary/aromatic N) is 4. The van der Waals surface area contributed by atoms with Gasteiger partial charge in [-0.1, -0.05) is 38.4 Å². The monoisotopic (exact) mass is 632 g/mol. The third kappa shape index (κ3) is 6.16. The van der Waals surface area contributed by atoms with E-state index in [0.717, 1.165) is 18.4 Å². The first-order valence-corrected chi connectivity index (χ1v) is 19.0. The van der Waals surface area contributed by atoms with Crippen molar-refractivity contribution < 1.29 is 17.6 Å². The fourth-order valence-electron chi connectivity index (χ4n) is 5.34. The van der Waals surface area contributed by atoms with Gasteiger partial charge in [-0.2, -0.15) is 4.31 Å². The first-order valence-electron chi connectivity index (χ1n) is 13.8. The van der Waals surface area contributed by atoms with E-state index in [2.05, 4.69) is 43.8 Å². The van der Waals surface area contributed by atoms with E-state index in [1.165, 1.54) is 0 Å². The van der Waals surface area contributed by atoms with Crippen molar-refractivity contribution in [3.8, 4) is 0 Å². The summed E-state index contributed by atoms with van der Waals surface area (Å²) in [6.07, 6.45) is 10.4. The average molecular weight is 633 g/mol. The fraction of sp³-hybridized carbons (Fsp3) is 0.483. The van der Waals surface area contributed by atoms with Crippen LogP contribution in [0.15, 0.2) is 72.4 Å². The standard InChI is InChI=1S/C29H37ClN4O4S2Si/c1-28(2,3)41(4,5)38-29(12-13-29)26-18-23(37-27(39)33-16-15-32-20-33)17-25(21-7-6-14-31-19-21)34(26)40(35,36)24-10-8-22(30)9-11-24/h6-11,14-16,19-20,23,25-26H,12-13,17-18H2,1-5H3/t23?,25-,26+/m0/s1. The zero-order valence-electron chi connectivity index (χ0n) is 24.0. The molecule has 3 atom stereocenters. The molecule has 1 saturated heterocycles. The number of hydrogen-bond donors (Lipinski definition) is 0. The molecule has 2 aromatic heterocycles. The van der Waals surface area contributed by atoms with E-state index in [-0.39, 0.29) is 21.2 Å². The van der Waals surface area contributed by atoms with E-state index < -0.39 is 36.0 Å². The summed E-state index contributed by atoms with van der Waals surface area (Å²) in [6, 6.07) is 9.09. The van der Waals surface area contributed by atoms with Crippen LogP contribution in [0.5, 0.6) is 0 Å². The molecule has 1 aromatic carbocycles. The van der Waals surface area contributed by atoms with E-state index in [4.69, 9.17) is 33.0 Å². The normalized spacial score (nSPS) is 23.2. The van der Waals surface area contributed by atoms with Crippen LogP contribution in [0.1, 0.15) is 58.1 Å². The molecule has 1 aliphatic carbocycles. The number of imidazole rings is 1. The summed E-state index contributed by atoms with van der Waals surface area (Å²) in [7, 11) is -6.24. The Kier molecular flexibility index (Phi) is 8.25. The molecule has 220 valence electrons. The summed E-state index contributed by atoms with van der Waals surface area (Å²) in [5.41, 5.74) is 0.168. The number of benzene rings is 1. The van der Waals surface area contributed by atoms with Crippen LogP contribution in [0.25, 0.3) is 0 Å². The maximum atomic E-state index is 14.6. The molecule has 0 radical (unpaired) electrons. The molecule has 12 heteroatoms. The molecule has 0 N–H and O–H groups in total. The van der Waals surface area contributed by atoms with Gasteiger partial charge in [0.1, 0.15) is 12.4 Å². The quantitative estimate of drug-likeness (QED) is 0.214. The summed E-state index contributed by atoms with van der Waals surface area (Å²) in [6.45, 7) is 11.0. The predicted octanol–water partition coefficient (Wildman–Crippen LogP) is 6.60. The maximum absolute atomic E-state index is 14.6. The van der Waals surface area contributed by atoms with E-state index in [9.17, 15) is 8.42 Å². The van der Waals surface area contributed by atoms with Crippen molar-refractivity contribution in [3.05, 3.63) is 78.1 Å². The number of ether oxygens (including phenoxy) is 1. The van der Waals surface area contributed by atoms with Crippen molar-refractivity contribution in [2.24, 2.45) is 0 Å². The minimum atomic E-state index is -3.98. The lowest BCUT2D eigenvalue weighted by Crippen LogP contribution is -2.59. The Bertz CT molecular complexity index is 1480. The van der Waals surface area contributed by atoms with E-state index in [1.54, 1.807) is 64.3 Å². The van der Waals surface area contributed by atoms with E-state index >= 15 is 0 Å². The first-order chi connectivity index (χ1) is 19.2. The van der Waals surface area contributed by atoms with Gasteiger partial charge in [0.25, 0.3) is 5.17 Å². The van der Waals surface area contributed by atoms with Gasteiger partial charge in [0.05, 0.1) is 22.6 Å². The highest BCUT2D eigenvalue weighted by molar-refractivity contribution is 7.89. The van der Waals surface area contributed by atoms with Crippen LogP contribution in [-0.2, 0) is 19.2 Å². The Morgan fingerprint density at radius 2 is 1.80 bits per heavy atom. The highest BCUT2D eigenvalue weighted by Gasteiger charge is 2.62. The molecule has 0 bridgehead atoms. The smallest absolute Gasteiger partial charge is 0.269 e. The maximum Gasteiger partial charge on any atom is 0.269 e. The lowest BCUT2D eigenvalue weighted by Gasteiger charge is -2.50. The van der Waals surface area contributed by atoms with Gasteiger partial charge in [-0.25, -0.2) is 13.4 Å². The van der Waals surface area contributed by atoms with Crippen molar-refractivity contribution in [2.45, 2.75) is 93.3 Å². The Morgan fingerprint density at radius 1 is 1.10 bits per heavy atom. The second-order valence-electron chi connectivity index (χ2n) is 12.5. The fourth-order valence-corrected chi connectivity index (χ4v) is 9.25. The molecule has 8 nitrogen and oxygen atoms in total. The zero-order chi connectivity index (χ0) is 29.6. The molecule has 2 aliphatic rings. The third-order valence-corrected chi connectivity index (χ3v) is 15.7.